The molecular weight excluding hydrogens is 504 g/mol. The van der Waals surface area contributed by atoms with Crippen LogP contribution in [0.15, 0.2) is 53.9 Å². The molecule has 5 nitrogen and oxygen atoms in total. The summed E-state index contributed by atoms with van der Waals surface area (Å²) in [5.41, 5.74) is 3.79. The van der Waals surface area contributed by atoms with Gasteiger partial charge in [-0.25, -0.2) is 0 Å². The maximum absolute atomic E-state index is 13.8. The summed E-state index contributed by atoms with van der Waals surface area (Å²) in [4.78, 5) is 32.1. The van der Waals surface area contributed by atoms with Gasteiger partial charge in [-0.1, -0.05) is 49.6 Å². The van der Waals surface area contributed by atoms with Crippen LogP contribution in [0.5, 0.6) is 5.75 Å². The minimum atomic E-state index is -0.210. The molecule has 7 heteroatoms. The molecule has 2 heterocycles. The van der Waals surface area contributed by atoms with Crippen LogP contribution in [0.1, 0.15) is 58.2 Å². The summed E-state index contributed by atoms with van der Waals surface area (Å²) in [5.74, 6) is 0.858. The van der Waals surface area contributed by atoms with Crippen LogP contribution < -0.4 is 4.74 Å². The van der Waals surface area contributed by atoms with Crippen molar-refractivity contribution in [2.24, 2.45) is 5.92 Å². The van der Waals surface area contributed by atoms with Crippen LogP contribution in [-0.4, -0.2) is 47.9 Å². The second-order valence-corrected chi connectivity index (χ2v) is 11.3. The van der Waals surface area contributed by atoms with Crippen molar-refractivity contribution in [1.82, 2.24) is 9.80 Å². The molecule has 0 bridgehead atoms. The Hall–Kier alpha value is -2.83. The van der Waals surface area contributed by atoms with Crippen LogP contribution in [0.4, 0.5) is 0 Å². The number of aryl methyl sites for hydroxylation is 2. The first kappa shape index (κ1) is 27.2. The summed E-state index contributed by atoms with van der Waals surface area (Å²) in [7, 11) is 0. The van der Waals surface area contributed by atoms with Crippen molar-refractivity contribution in [3.8, 4) is 5.75 Å². The van der Waals surface area contributed by atoms with Crippen LogP contribution in [-0.2, 0) is 11.2 Å². The van der Waals surface area contributed by atoms with Gasteiger partial charge >= 0.3 is 0 Å². The van der Waals surface area contributed by atoms with Gasteiger partial charge in [0.1, 0.15) is 18.9 Å². The van der Waals surface area contributed by atoms with E-state index in [9.17, 15) is 9.59 Å². The summed E-state index contributed by atoms with van der Waals surface area (Å²) in [6, 6.07) is 15.0. The highest BCUT2D eigenvalue weighted by molar-refractivity contribution is 7.10. The normalized spacial score (nSPS) is 15.7. The van der Waals surface area contributed by atoms with Gasteiger partial charge in [0.2, 0.25) is 5.91 Å². The fourth-order valence-corrected chi connectivity index (χ4v) is 5.66. The molecule has 0 saturated carbocycles. The zero-order valence-electron chi connectivity index (χ0n) is 22.0. The third-order valence-electron chi connectivity index (χ3n) is 7.09. The van der Waals surface area contributed by atoms with Crippen molar-refractivity contribution in [1.29, 1.82) is 0 Å². The molecule has 2 aromatic carbocycles. The molecule has 0 unspecified atom stereocenters. The first-order chi connectivity index (χ1) is 17.8. The molecule has 0 fully saturated rings. The average Bonchev–Trinajstić information content (AvgIpc) is 3.38. The quantitative estimate of drug-likeness (QED) is 0.304. The highest BCUT2D eigenvalue weighted by Crippen LogP contribution is 2.34. The van der Waals surface area contributed by atoms with Crippen LogP contribution in [0.25, 0.3) is 0 Å². The monoisotopic (exact) mass is 538 g/mol. The van der Waals surface area contributed by atoms with E-state index in [1.807, 2.05) is 61.2 Å². The lowest BCUT2D eigenvalue weighted by molar-refractivity contribution is -0.135. The van der Waals surface area contributed by atoms with Crippen molar-refractivity contribution in [2.45, 2.75) is 46.6 Å². The molecule has 1 aromatic heterocycles. The van der Waals surface area contributed by atoms with Gasteiger partial charge in [0, 0.05) is 28.6 Å². The van der Waals surface area contributed by atoms with Gasteiger partial charge in [0.25, 0.3) is 5.91 Å². The number of hydrogen-bond donors (Lipinski definition) is 0. The van der Waals surface area contributed by atoms with Crippen LogP contribution >= 0.6 is 22.9 Å². The molecule has 0 saturated heterocycles. The van der Waals surface area contributed by atoms with E-state index in [1.165, 1.54) is 4.88 Å². The summed E-state index contributed by atoms with van der Waals surface area (Å²) in [6.45, 7) is 9.70. The molecule has 1 aliphatic rings. The SMILES string of the molecule is CC[C@@H](C)CN(CC(=O)N1CCc2sccc2[C@@H]1COc1ccc(Cl)c(C)c1)C(=O)c1ccc(C)cc1. The van der Waals surface area contributed by atoms with Crippen molar-refractivity contribution in [3.05, 3.63) is 86.1 Å². The molecule has 1 aliphatic heterocycles. The average molecular weight is 539 g/mol. The Balaban J connectivity index is 1.54. The first-order valence-corrected chi connectivity index (χ1v) is 14.1. The van der Waals surface area contributed by atoms with Crippen LogP contribution in [0.3, 0.4) is 0 Å². The number of hydrogen-bond acceptors (Lipinski definition) is 4. The fourth-order valence-electron chi connectivity index (χ4n) is 4.61. The number of carbonyl (C=O) groups excluding carboxylic acids is 2. The number of halogens is 1. The standard InChI is InChI=1S/C30H35ClN2O3S/c1-5-20(2)17-32(30(35)23-8-6-21(3)7-9-23)18-29(34)33-14-12-28-25(13-15-37-28)27(33)19-36-24-10-11-26(31)22(4)16-24/h6-11,13,15-16,20,27H,5,12,14,17-19H2,1-4H3/t20-,27+/m1/s1. The maximum Gasteiger partial charge on any atom is 0.254 e. The van der Waals surface area contributed by atoms with Gasteiger partial charge < -0.3 is 14.5 Å². The molecular formula is C30H35ClN2O3S. The Morgan fingerprint density at radius 1 is 1.16 bits per heavy atom. The molecule has 0 aliphatic carbocycles. The zero-order chi connectivity index (χ0) is 26.5. The second kappa shape index (κ2) is 12.1. The highest BCUT2D eigenvalue weighted by Gasteiger charge is 2.34. The third kappa shape index (κ3) is 6.55. The molecule has 37 heavy (non-hydrogen) atoms. The minimum absolute atomic E-state index is 0.0487. The first-order valence-electron chi connectivity index (χ1n) is 12.9. The second-order valence-electron chi connectivity index (χ2n) is 9.94. The molecule has 196 valence electrons. The number of nitrogens with zero attached hydrogens (tertiary/aromatic N) is 2. The number of rotatable bonds is 9. The lowest BCUT2D eigenvalue weighted by atomic mass is 10.00. The van der Waals surface area contributed by atoms with Crippen molar-refractivity contribution < 1.29 is 14.3 Å². The van der Waals surface area contributed by atoms with Gasteiger partial charge in [-0.3, -0.25) is 9.59 Å². The lowest BCUT2D eigenvalue weighted by Gasteiger charge is -2.37. The minimum Gasteiger partial charge on any atom is -0.491 e. The van der Waals surface area contributed by atoms with Crippen LogP contribution in [0, 0.1) is 19.8 Å². The molecule has 0 radical (unpaired) electrons. The Morgan fingerprint density at radius 2 is 1.92 bits per heavy atom. The van der Waals surface area contributed by atoms with E-state index in [0.717, 1.165) is 35.3 Å². The predicted octanol–water partition coefficient (Wildman–Crippen LogP) is 6.71. The van der Waals surface area contributed by atoms with Crippen molar-refractivity contribution >= 4 is 34.8 Å². The number of ether oxygens (including phenoxy) is 1. The largest absolute Gasteiger partial charge is 0.491 e. The molecule has 2 amide bonds. The van der Waals surface area contributed by atoms with Crippen molar-refractivity contribution in [3.63, 3.8) is 0 Å². The molecule has 2 atom stereocenters. The van der Waals surface area contributed by atoms with E-state index in [1.54, 1.807) is 16.2 Å². The number of fused-ring (bicyclic) bond motifs is 1. The van der Waals surface area contributed by atoms with Crippen LogP contribution in [0.2, 0.25) is 5.02 Å². The van der Waals surface area contributed by atoms with Gasteiger partial charge in [-0.15, -0.1) is 11.3 Å². The van der Waals surface area contributed by atoms with E-state index in [-0.39, 0.29) is 24.4 Å². The number of amides is 2. The molecule has 4 rings (SSSR count). The fraction of sp³-hybridized carbons (Fsp3) is 0.400. The van der Waals surface area contributed by atoms with E-state index < -0.39 is 0 Å². The van der Waals surface area contributed by atoms with Gasteiger partial charge in [0.05, 0.1) is 6.04 Å². The van der Waals surface area contributed by atoms with Gasteiger partial charge in [-0.2, -0.15) is 0 Å². The van der Waals surface area contributed by atoms with Gasteiger partial charge in [0.15, 0.2) is 0 Å². The molecule has 0 N–H and O–H groups in total. The Labute approximate surface area is 229 Å². The molecule has 3 aromatic rings. The number of benzene rings is 2. The Kier molecular flexibility index (Phi) is 8.93. The zero-order valence-corrected chi connectivity index (χ0v) is 23.6. The summed E-state index contributed by atoms with van der Waals surface area (Å²) >= 11 is 7.90. The smallest absolute Gasteiger partial charge is 0.254 e. The molecule has 0 spiro atoms. The third-order valence-corrected chi connectivity index (χ3v) is 8.51. The lowest BCUT2D eigenvalue weighted by Crippen LogP contribution is -2.48. The maximum atomic E-state index is 13.8. The summed E-state index contributed by atoms with van der Waals surface area (Å²) < 4.78 is 6.17. The predicted molar refractivity (Wildman–Crippen MR) is 151 cm³/mol. The summed E-state index contributed by atoms with van der Waals surface area (Å²) in [5, 5.41) is 2.77. The topological polar surface area (TPSA) is 49.9 Å². The number of thiophene rings is 1. The van der Waals surface area contributed by atoms with E-state index in [2.05, 4.69) is 25.3 Å². The van der Waals surface area contributed by atoms with E-state index in [0.29, 0.717) is 36.2 Å². The Bertz CT molecular complexity index is 1240. The number of carbonyl (C=O) groups is 2. The highest BCUT2D eigenvalue weighted by atomic mass is 35.5. The van der Waals surface area contributed by atoms with E-state index in [4.69, 9.17) is 16.3 Å². The Morgan fingerprint density at radius 3 is 2.62 bits per heavy atom. The van der Waals surface area contributed by atoms with E-state index >= 15 is 0 Å². The van der Waals surface area contributed by atoms with Crippen molar-refractivity contribution in [2.75, 3.05) is 26.2 Å². The summed E-state index contributed by atoms with van der Waals surface area (Å²) in [6.07, 6.45) is 1.75. The van der Waals surface area contributed by atoms with Gasteiger partial charge in [-0.05, 0) is 79.1 Å².